The van der Waals surface area contributed by atoms with Crippen molar-refractivity contribution in [3.63, 3.8) is 0 Å². The van der Waals surface area contributed by atoms with Crippen molar-refractivity contribution in [2.75, 3.05) is 0 Å². The van der Waals surface area contributed by atoms with Crippen molar-refractivity contribution >= 4 is 0 Å². The molecule has 70 valence electrons. The summed E-state index contributed by atoms with van der Waals surface area (Å²) in [6.45, 7) is 7.72. The third-order valence-electron chi connectivity index (χ3n) is 2.50. The Bertz CT molecular complexity index is 292. The lowest BCUT2D eigenvalue weighted by Gasteiger charge is -2.21. The van der Waals surface area contributed by atoms with E-state index in [0.717, 1.165) is 12.0 Å². The smallest absolute Gasteiger partial charge is 0.115 e. The van der Waals surface area contributed by atoms with Gasteiger partial charge in [0.2, 0.25) is 0 Å². The zero-order valence-corrected chi connectivity index (χ0v) is 8.25. The summed E-state index contributed by atoms with van der Waals surface area (Å²) in [5, 5.41) is 9.52. The molecule has 0 heterocycles. The summed E-state index contributed by atoms with van der Waals surface area (Å²) in [5.74, 6) is 0.713. The molecule has 1 rings (SSSR count). The molecule has 0 amide bonds. The number of hydrogen-bond acceptors (Lipinski definition) is 1. The molecule has 0 fully saturated rings. The van der Waals surface area contributed by atoms with Gasteiger partial charge < -0.3 is 5.11 Å². The van der Waals surface area contributed by atoms with Crippen LogP contribution in [0.1, 0.15) is 20.3 Å². The van der Waals surface area contributed by atoms with E-state index in [2.05, 4.69) is 12.7 Å². The van der Waals surface area contributed by atoms with Crippen molar-refractivity contribution in [1.82, 2.24) is 0 Å². The van der Waals surface area contributed by atoms with E-state index in [1.165, 1.54) is 5.57 Å². The summed E-state index contributed by atoms with van der Waals surface area (Å²) in [6.07, 6.45) is 8.59. The van der Waals surface area contributed by atoms with Crippen molar-refractivity contribution in [1.29, 1.82) is 0 Å². The average Bonchev–Trinajstić information content (AvgIpc) is 2.14. The monoisotopic (exact) mass is 176 g/mol. The van der Waals surface area contributed by atoms with Crippen LogP contribution in [-0.4, -0.2) is 5.11 Å². The summed E-state index contributed by atoms with van der Waals surface area (Å²) >= 11 is 0. The van der Waals surface area contributed by atoms with Crippen molar-refractivity contribution in [3.8, 4) is 0 Å². The number of aliphatic hydroxyl groups is 1. The van der Waals surface area contributed by atoms with E-state index in [4.69, 9.17) is 0 Å². The van der Waals surface area contributed by atoms with Gasteiger partial charge in [-0.25, -0.2) is 0 Å². The lowest BCUT2D eigenvalue weighted by Crippen LogP contribution is -2.09. The summed E-state index contributed by atoms with van der Waals surface area (Å²) < 4.78 is 0. The van der Waals surface area contributed by atoms with Crippen LogP contribution in [0.5, 0.6) is 0 Å². The van der Waals surface area contributed by atoms with Gasteiger partial charge in [0.25, 0.3) is 0 Å². The zero-order valence-electron chi connectivity index (χ0n) is 8.25. The lowest BCUT2D eigenvalue weighted by molar-refractivity contribution is 0.413. The van der Waals surface area contributed by atoms with E-state index < -0.39 is 0 Å². The molecule has 13 heavy (non-hydrogen) atoms. The average molecular weight is 176 g/mol. The minimum absolute atomic E-state index is 0.312. The predicted octanol–water partition coefficient (Wildman–Crippen LogP) is 3.53. The summed E-state index contributed by atoms with van der Waals surface area (Å²) in [4.78, 5) is 0. The van der Waals surface area contributed by atoms with E-state index in [9.17, 15) is 5.11 Å². The van der Waals surface area contributed by atoms with E-state index in [1.807, 2.05) is 26.0 Å². The normalized spacial score (nSPS) is 25.4. The standard InChI is InChI=1S/C12H16O/c1-4-6-11-9(3)12(13)8-7-10(11)5-2/h4-5,7-8,11,13H,1,6H2,2-3H3. The molecular weight excluding hydrogens is 160 g/mol. The minimum Gasteiger partial charge on any atom is -0.508 e. The van der Waals surface area contributed by atoms with Gasteiger partial charge in [0.05, 0.1) is 0 Å². The first-order valence-electron chi connectivity index (χ1n) is 4.55. The number of aliphatic hydroxyl groups excluding tert-OH is 1. The lowest BCUT2D eigenvalue weighted by atomic mass is 9.84. The molecule has 1 N–H and O–H groups in total. The maximum Gasteiger partial charge on any atom is 0.115 e. The van der Waals surface area contributed by atoms with E-state index in [-0.39, 0.29) is 0 Å². The second kappa shape index (κ2) is 4.13. The first kappa shape index (κ1) is 9.85. The Morgan fingerprint density at radius 1 is 1.54 bits per heavy atom. The van der Waals surface area contributed by atoms with Gasteiger partial charge in [-0.1, -0.05) is 18.2 Å². The highest BCUT2D eigenvalue weighted by molar-refractivity contribution is 5.40. The molecule has 0 aromatic heterocycles. The highest BCUT2D eigenvalue weighted by atomic mass is 16.3. The molecule has 1 aliphatic carbocycles. The van der Waals surface area contributed by atoms with Crippen LogP contribution in [0.4, 0.5) is 0 Å². The largest absolute Gasteiger partial charge is 0.508 e. The molecule has 1 unspecified atom stereocenters. The molecule has 0 radical (unpaired) electrons. The second-order valence-corrected chi connectivity index (χ2v) is 3.27. The minimum atomic E-state index is 0.312. The molecule has 0 aliphatic heterocycles. The molecule has 0 spiro atoms. The molecule has 1 heteroatoms. The van der Waals surface area contributed by atoms with Crippen LogP contribution in [0, 0.1) is 5.92 Å². The number of hydrogen-bond donors (Lipinski definition) is 1. The molecule has 1 aliphatic rings. The maximum absolute atomic E-state index is 9.52. The maximum atomic E-state index is 9.52. The molecule has 0 saturated carbocycles. The van der Waals surface area contributed by atoms with Gasteiger partial charge in [-0.05, 0) is 37.5 Å². The molecule has 1 nitrogen and oxygen atoms in total. The Kier molecular flexibility index (Phi) is 3.13. The SMILES string of the molecule is C=CCC1C(=CC)C=CC(O)=C1C. The first-order valence-corrected chi connectivity index (χ1v) is 4.55. The van der Waals surface area contributed by atoms with Crippen LogP contribution in [0.15, 0.2) is 47.8 Å². The van der Waals surface area contributed by atoms with Gasteiger partial charge in [-0.3, -0.25) is 0 Å². The van der Waals surface area contributed by atoms with Gasteiger partial charge in [-0.15, -0.1) is 6.58 Å². The molecule has 1 atom stereocenters. The number of rotatable bonds is 2. The van der Waals surface area contributed by atoms with Crippen LogP contribution >= 0.6 is 0 Å². The second-order valence-electron chi connectivity index (χ2n) is 3.27. The van der Waals surface area contributed by atoms with Crippen molar-refractivity contribution in [2.45, 2.75) is 20.3 Å². The predicted molar refractivity (Wildman–Crippen MR) is 56.5 cm³/mol. The fourth-order valence-corrected chi connectivity index (χ4v) is 1.63. The van der Waals surface area contributed by atoms with Gasteiger partial charge in [0, 0.05) is 5.92 Å². The van der Waals surface area contributed by atoms with Crippen LogP contribution in [-0.2, 0) is 0 Å². The summed E-state index contributed by atoms with van der Waals surface area (Å²) in [5.41, 5.74) is 2.30. The third kappa shape index (κ3) is 1.92. The van der Waals surface area contributed by atoms with Crippen LogP contribution in [0.3, 0.4) is 0 Å². The zero-order chi connectivity index (χ0) is 9.84. The Hall–Kier alpha value is -1.24. The fourth-order valence-electron chi connectivity index (χ4n) is 1.63. The quantitative estimate of drug-likeness (QED) is 0.638. The van der Waals surface area contributed by atoms with Crippen molar-refractivity contribution < 1.29 is 5.11 Å². The molecule has 0 aromatic rings. The van der Waals surface area contributed by atoms with Gasteiger partial charge in [-0.2, -0.15) is 0 Å². The van der Waals surface area contributed by atoms with Crippen molar-refractivity contribution in [3.05, 3.63) is 47.8 Å². The van der Waals surface area contributed by atoms with E-state index in [0.29, 0.717) is 11.7 Å². The molecular formula is C12H16O. The first-order chi connectivity index (χ1) is 6.20. The summed E-state index contributed by atoms with van der Waals surface area (Å²) in [6, 6.07) is 0. The Labute approximate surface area is 79.8 Å². The molecule has 0 bridgehead atoms. The fraction of sp³-hybridized carbons (Fsp3) is 0.333. The Balaban J connectivity index is 2.99. The Morgan fingerprint density at radius 2 is 2.23 bits per heavy atom. The van der Waals surface area contributed by atoms with Crippen LogP contribution < -0.4 is 0 Å². The van der Waals surface area contributed by atoms with Gasteiger partial charge in [0.1, 0.15) is 5.76 Å². The van der Waals surface area contributed by atoms with Crippen molar-refractivity contribution in [2.24, 2.45) is 5.92 Å². The topological polar surface area (TPSA) is 20.2 Å². The van der Waals surface area contributed by atoms with Gasteiger partial charge >= 0.3 is 0 Å². The van der Waals surface area contributed by atoms with E-state index in [1.54, 1.807) is 6.08 Å². The Morgan fingerprint density at radius 3 is 2.77 bits per heavy atom. The molecule has 0 aromatic carbocycles. The highest BCUT2D eigenvalue weighted by Crippen LogP contribution is 2.31. The van der Waals surface area contributed by atoms with Crippen LogP contribution in [0.25, 0.3) is 0 Å². The summed E-state index contributed by atoms with van der Waals surface area (Å²) in [7, 11) is 0. The third-order valence-corrected chi connectivity index (χ3v) is 2.50. The molecule has 0 saturated heterocycles. The van der Waals surface area contributed by atoms with Gasteiger partial charge in [0.15, 0.2) is 0 Å². The number of allylic oxidation sites excluding steroid dienone is 6. The van der Waals surface area contributed by atoms with E-state index >= 15 is 0 Å². The van der Waals surface area contributed by atoms with Crippen LogP contribution in [0.2, 0.25) is 0 Å². The highest BCUT2D eigenvalue weighted by Gasteiger charge is 2.18.